The van der Waals surface area contributed by atoms with Gasteiger partial charge in [-0.05, 0) is 18.8 Å². The summed E-state index contributed by atoms with van der Waals surface area (Å²) >= 11 is 0. The molecule has 4 fully saturated rings. The lowest BCUT2D eigenvalue weighted by atomic mass is 9.84. The van der Waals surface area contributed by atoms with Crippen LogP contribution in [0.25, 0.3) is 0 Å². The maximum atomic E-state index is 6.37. The molecule has 2 atom stereocenters. The van der Waals surface area contributed by atoms with E-state index in [9.17, 15) is 0 Å². The van der Waals surface area contributed by atoms with E-state index in [0.29, 0.717) is 17.9 Å². The van der Waals surface area contributed by atoms with Crippen molar-refractivity contribution in [3.05, 3.63) is 11.7 Å². The number of nitrogens with zero attached hydrogens (tertiary/aromatic N) is 4. The second-order valence-corrected chi connectivity index (χ2v) is 6.77. The molecule has 2 N–H and O–H groups in total. The van der Waals surface area contributed by atoms with Crippen LogP contribution in [0.15, 0.2) is 4.52 Å². The normalized spacial score (nSPS) is 35.0. The van der Waals surface area contributed by atoms with Crippen LogP contribution in [0.3, 0.4) is 0 Å². The molecule has 21 heavy (non-hydrogen) atoms. The summed E-state index contributed by atoms with van der Waals surface area (Å²) < 4.78 is 5.51. The Labute approximate surface area is 125 Å². The van der Waals surface area contributed by atoms with E-state index in [2.05, 4.69) is 19.9 Å². The molecule has 4 aliphatic rings. The smallest absolute Gasteiger partial charge is 0.243 e. The molecule has 3 saturated heterocycles. The van der Waals surface area contributed by atoms with Crippen LogP contribution in [0.2, 0.25) is 0 Å². The maximum Gasteiger partial charge on any atom is 0.243 e. The molecule has 0 spiro atoms. The molecule has 0 aromatic carbocycles. The summed E-state index contributed by atoms with van der Waals surface area (Å²) in [5.41, 5.74) is 6.37. The Morgan fingerprint density at radius 3 is 2.52 bits per heavy atom. The zero-order chi connectivity index (χ0) is 14.2. The first kappa shape index (κ1) is 13.7. The van der Waals surface area contributed by atoms with Gasteiger partial charge in [0, 0.05) is 32.7 Å². The summed E-state index contributed by atoms with van der Waals surface area (Å²) in [6, 6.07) is 0.214. The van der Waals surface area contributed by atoms with Crippen molar-refractivity contribution in [2.24, 2.45) is 11.7 Å². The fourth-order valence-electron chi connectivity index (χ4n) is 4.08. The molecule has 6 heteroatoms. The lowest BCUT2D eigenvalue weighted by molar-refractivity contribution is 0.00781. The Morgan fingerprint density at radius 2 is 1.86 bits per heavy atom. The molecule has 116 valence electrons. The van der Waals surface area contributed by atoms with Crippen LogP contribution in [-0.4, -0.2) is 52.7 Å². The Morgan fingerprint density at radius 1 is 1.10 bits per heavy atom. The van der Waals surface area contributed by atoms with Gasteiger partial charge in [-0.1, -0.05) is 24.4 Å². The van der Waals surface area contributed by atoms with Gasteiger partial charge in [0.25, 0.3) is 0 Å². The van der Waals surface area contributed by atoms with Crippen molar-refractivity contribution >= 4 is 0 Å². The Kier molecular flexibility index (Phi) is 3.69. The molecule has 2 unspecified atom stereocenters. The quantitative estimate of drug-likeness (QED) is 0.905. The Bertz CT molecular complexity index is 476. The van der Waals surface area contributed by atoms with Crippen molar-refractivity contribution in [3.8, 4) is 0 Å². The average Bonchev–Trinajstić information content (AvgIpc) is 3.06. The first-order valence-electron chi connectivity index (χ1n) is 8.37. The van der Waals surface area contributed by atoms with Crippen LogP contribution in [0.1, 0.15) is 55.9 Å². The van der Waals surface area contributed by atoms with Crippen molar-refractivity contribution in [3.63, 3.8) is 0 Å². The summed E-state index contributed by atoms with van der Waals surface area (Å²) in [6.07, 6.45) is 6.30. The van der Waals surface area contributed by atoms with Crippen LogP contribution < -0.4 is 5.73 Å². The predicted octanol–water partition coefficient (Wildman–Crippen LogP) is 1.32. The number of fused-ring (bicyclic) bond motifs is 3. The summed E-state index contributed by atoms with van der Waals surface area (Å²) in [6.45, 7) is 5.59. The van der Waals surface area contributed by atoms with Gasteiger partial charge in [0.1, 0.15) is 0 Å². The number of rotatable bonds is 3. The van der Waals surface area contributed by atoms with Gasteiger partial charge in [-0.3, -0.25) is 9.80 Å². The topological polar surface area (TPSA) is 71.4 Å². The summed E-state index contributed by atoms with van der Waals surface area (Å²) in [7, 11) is 0. The molecule has 1 aromatic rings. The van der Waals surface area contributed by atoms with E-state index in [4.69, 9.17) is 10.3 Å². The molecular formula is C15H25N5O. The maximum absolute atomic E-state index is 6.37. The summed E-state index contributed by atoms with van der Waals surface area (Å²) in [5.74, 6) is 1.99. The highest BCUT2D eigenvalue weighted by Gasteiger charge is 2.36. The molecule has 5 rings (SSSR count). The van der Waals surface area contributed by atoms with Crippen LogP contribution in [-0.2, 0) is 0 Å². The molecule has 0 amide bonds. The lowest BCUT2D eigenvalue weighted by Gasteiger charge is -2.46. The van der Waals surface area contributed by atoms with Gasteiger partial charge in [-0.15, -0.1) is 0 Å². The second kappa shape index (κ2) is 5.66. The van der Waals surface area contributed by atoms with E-state index in [1.54, 1.807) is 0 Å². The fraction of sp³-hybridized carbons (Fsp3) is 0.867. The fourth-order valence-corrected chi connectivity index (χ4v) is 4.08. The third-order valence-corrected chi connectivity index (χ3v) is 5.48. The predicted molar refractivity (Wildman–Crippen MR) is 78.6 cm³/mol. The molecule has 1 aliphatic carbocycles. The lowest BCUT2D eigenvalue weighted by Crippen LogP contribution is -2.57. The summed E-state index contributed by atoms with van der Waals surface area (Å²) in [4.78, 5) is 9.62. The van der Waals surface area contributed by atoms with Crippen molar-refractivity contribution in [1.29, 1.82) is 0 Å². The number of piperazine rings is 3. The van der Waals surface area contributed by atoms with Crippen LogP contribution >= 0.6 is 0 Å². The Balaban J connectivity index is 1.47. The molecule has 4 heterocycles. The van der Waals surface area contributed by atoms with Crippen LogP contribution in [0.4, 0.5) is 0 Å². The standard InChI is InChI=1S/C15H25N5O/c16-13(11-4-2-1-3-5-11)15-17-14(18-21-15)12-10-19-6-8-20(12)9-7-19/h11-13H,1-10,16H2. The SMILES string of the molecule is NC(c1nc(C2CN3CCN2CC3)no1)C1CCCCC1. The van der Waals surface area contributed by atoms with Crippen LogP contribution in [0.5, 0.6) is 0 Å². The highest BCUT2D eigenvalue weighted by molar-refractivity contribution is 5.03. The van der Waals surface area contributed by atoms with Gasteiger partial charge in [0.2, 0.25) is 5.89 Å². The van der Waals surface area contributed by atoms with Gasteiger partial charge in [0.15, 0.2) is 5.82 Å². The molecule has 6 nitrogen and oxygen atoms in total. The molecular weight excluding hydrogens is 266 g/mol. The van der Waals surface area contributed by atoms with Gasteiger partial charge in [-0.2, -0.15) is 4.98 Å². The minimum Gasteiger partial charge on any atom is -0.338 e. The molecule has 0 radical (unpaired) electrons. The second-order valence-electron chi connectivity index (χ2n) is 6.77. The highest BCUT2D eigenvalue weighted by Crippen LogP contribution is 2.33. The van der Waals surface area contributed by atoms with Crippen molar-refractivity contribution in [2.75, 3.05) is 32.7 Å². The van der Waals surface area contributed by atoms with Crippen molar-refractivity contribution < 1.29 is 4.52 Å². The first-order chi connectivity index (χ1) is 10.3. The third kappa shape index (κ3) is 2.60. The minimum atomic E-state index is -0.0809. The number of hydrogen-bond donors (Lipinski definition) is 1. The first-order valence-corrected chi connectivity index (χ1v) is 8.37. The van der Waals surface area contributed by atoms with Gasteiger partial charge in [-0.25, -0.2) is 0 Å². The Hall–Kier alpha value is -0.980. The largest absolute Gasteiger partial charge is 0.338 e. The zero-order valence-electron chi connectivity index (χ0n) is 12.6. The average molecular weight is 291 g/mol. The minimum absolute atomic E-state index is 0.0809. The van der Waals surface area contributed by atoms with E-state index < -0.39 is 0 Å². The molecule has 2 bridgehead atoms. The molecule has 1 aromatic heterocycles. The number of nitrogens with two attached hydrogens (primary N) is 1. The molecule has 3 aliphatic heterocycles. The van der Waals surface area contributed by atoms with Gasteiger partial charge in [0.05, 0.1) is 12.1 Å². The van der Waals surface area contributed by atoms with Gasteiger partial charge < -0.3 is 10.3 Å². The monoisotopic (exact) mass is 291 g/mol. The van der Waals surface area contributed by atoms with E-state index in [-0.39, 0.29) is 6.04 Å². The van der Waals surface area contributed by atoms with Crippen molar-refractivity contribution in [1.82, 2.24) is 19.9 Å². The number of hydrogen-bond acceptors (Lipinski definition) is 6. The third-order valence-electron chi connectivity index (χ3n) is 5.48. The van der Waals surface area contributed by atoms with E-state index in [0.717, 1.165) is 25.5 Å². The van der Waals surface area contributed by atoms with E-state index in [1.807, 2.05) is 0 Å². The van der Waals surface area contributed by atoms with Crippen molar-refractivity contribution in [2.45, 2.75) is 44.2 Å². The highest BCUT2D eigenvalue weighted by atomic mass is 16.5. The molecule has 1 saturated carbocycles. The van der Waals surface area contributed by atoms with E-state index >= 15 is 0 Å². The van der Waals surface area contributed by atoms with E-state index in [1.165, 1.54) is 45.2 Å². The zero-order valence-corrected chi connectivity index (χ0v) is 12.6. The summed E-state index contributed by atoms with van der Waals surface area (Å²) in [5, 5.41) is 4.24. The van der Waals surface area contributed by atoms with Crippen LogP contribution in [0, 0.1) is 5.92 Å². The number of aromatic nitrogens is 2. The van der Waals surface area contributed by atoms with Gasteiger partial charge >= 0.3 is 0 Å².